The van der Waals surface area contributed by atoms with Crippen LogP contribution in [0, 0.1) is 5.92 Å². The van der Waals surface area contributed by atoms with Crippen molar-refractivity contribution in [1.29, 1.82) is 0 Å². The lowest BCUT2D eigenvalue weighted by atomic mass is 9.89. The summed E-state index contributed by atoms with van der Waals surface area (Å²) in [7, 11) is -0.484. The van der Waals surface area contributed by atoms with E-state index >= 15 is 0 Å². The smallest absolute Gasteiger partial charge is 0.0152 e. The van der Waals surface area contributed by atoms with E-state index < -0.39 is 8.96 Å². The Hall–Kier alpha value is 0.0600. The Kier molecular flexibility index (Phi) is 3.30. The van der Waals surface area contributed by atoms with Gasteiger partial charge >= 0.3 is 0 Å². The van der Waals surface area contributed by atoms with Gasteiger partial charge in [-0.05, 0) is 31.6 Å². The van der Waals surface area contributed by atoms with Crippen LogP contribution in [0.4, 0.5) is 0 Å². The van der Waals surface area contributed by atoms with Crippen LogP contribution < -0.4 is 4.89 Å². The zero-order valence-corrected chi connectivity index (χ0v) is 7.26. The molecule has 0 aromatic carbocycles. The zero-order chi connectivity index (χ0) is 7.40. The second-order valence-corrected chi connectivity index (χ2v) is 3.38. The summed E-state index contributed by atoms with van der Waals surface area (Å²) in [6.45, 7) is 2.22. The molecule has 2 unspecified atom stereocenters. The average molecular weight is 158 g/mol. The molecular weight excluding hydrogens is 145 g/mol. The van der Waals surface area contributed by atoms with Crippen LogP contribution in [0.1, 0.15) is 32.6 Å². The van der Waals surface area contributed by atoms with Crippen molar-refractivity contribution in [2.75, 3.05) is 0 Å². The molecule has 0 spiro atoms. The van der Waals surface area contributed by atoms with Crippen molar-refractivity contribution in [1.82, 2.24) is 0 Å². The van der Waals surface area contributed by atoms with E-state index in [2.05, 4.69) is 11.7 Å². The second-order valence-electron chi connectivity index (χ2n) is 2.97. The van der Waals surface area contributed by atoms with Gasteiger partial charge in [-0.3, -0.25) is 4.76 Å². The largest absolute Gasteiger partial charge is 0.814 e. The van der Waals surface area contributed by atoms with Gasteiger partial charge < -0.3 is 4.89 Å². The van der Waals surface area contributed by atoms with Gasteiger partial charge in [-0.15, -0.1) is 0 Å². The zero-order valence-electron chi connectivity index (χ0n) is 6.26. The molecule has 0 bridgehead atoms. The van der Waals surface area contributed by atoms with Crippen molar-refractivity contribution < 1.29 is 4.89 Å². The molecule has 3 heteroatoms. The van der Waals surface area contributed by atoms with Crippen molar-refractivity contribution in [2.24, 2.45) is 10.7 Å². The topological polar surface area (TPSA) is 35.4 Å². The molecule has 1 aliphatic rings. The van der Waals surface area contributed by atoms with Crippen LogP contribution >= 0.6 is 8.96 Å². The van der Waals surface area contributed by atoms with Gasteiger partial charge in [-0.1, -0.05) is 15.9 Å². The van der Waals surface area contributed by atoms with E-state index in [9.17, 15) is 4.89 Å². The fourth-order valence-electron chi connectivity index (χ4n) is 1.43. The third kappa shape index (κ3) is 2.36. The van der Waals surface area contributed by atoms with E-state index in [1.165, 1.54) is 12.8 Å². The molecule has 1 rings (SSSR count). The molecule has 1 aliphatic carbocycles. The van der Waals surface area contributed by atoms with E-state index in [0.29, 0.717) is 0 Å². The highest BCUT2D eigenvalue weighted by atomic mass is 31.1. The predicted molar refractivity (Wildman–Crippen MR) is 43.4 cm³/mol. The number of rotatable bonds is 1. The Balaban J connectivity index is 2.39. The maximum atomic E-state index is 10.1. The van der Waals surface area contributed by atoms with Gasteiger partial charge in [0.2, 0.25) is 0 Å². The van der Waals surface area contributed by atoms with Gasteiger partial charge in [0, 0.05) is 5.71 Å². The highest BCUT2D eigenvalue weighted by molar-refractivity contribution is 7.28. The first-order valence-electron chi connectivity index (χ1n) is 3.75. The molecule has 58 valence electrons. The molecule has 0 N–H and O–H groups in total. The van der Waals surface area contributed by atoms with Gasteiger partial charge in [0.05, 0.1) is 0 Å². The quantitative estimate of drug-likeness (QED) is 0.532. The summed E-state index contributed by atoms with van der Waals surface area (Å²) in [4.78, 5) is 10.1. The Morgan fingerprint density at radius 2 is 2.50 bits per heavy atom. The first kappa shape index (κ1) is 8.16. The van der Waals surface area contributed by atoms with Crippen molar-refractivity contribution in [3.05, 3.63) is 0 Å². The summed E-state index contributed by atoms with van der Waals surface area (Å²) >= 11 is 0. The molecule has 0 heterocycles. The van der Waals surface area contributed by atoms with Crippen LogP contribution in [0.2, 0.25) is 0 Å². The molecule has 0 radical (unpaired) electrons. The molecule has 2 atom stereocenters. The Labute approximate surface area is 63.7 Å². The first-order chi connectivity index (χ1) is 4.83. The minimum Gasteiger partial charge on any atom is -0.814 e. The van der Waals surface area contributed by atoms with E-state index in [-0.39, 0.29) is 0 Å². The van der Waals surface area contributed by atoms with Crippen LogP contribution in [0.3, 0.4) is 0 Å². The summed E-state index contributed by atoms with van der Waals surface area (Å²) < 4.78 is 3.92. The molecular formula is C7H13NOP-. The van der Waals surface area contributed by atoms with Crippen LogP contribution in [0.25, 0.3) is 0 Å². The molecule has 0 aromatic rings. The lowest BCUT2D eigenvalue weighted by Crippen LogP contribution is -2.11. The van der Waals surface area contributed by atoms with Crippen LogP contribution in [-0.2, 0) is 0 Å². The fourth-order valence-corrected chi connectivity index (χ4v) is 1.76. The second kappa shape index (κ2) is 4.05. The molecule has 0 aromatic heterocycles. The Morgan fingerprint density at radius 3 is 3.10 bits per heavy atom. The molecule has 1 saturated carbocycles. The third-order valence-corrected chi connectivity index (χ3v) is 2.36. The summed E-state index contributed by atoms with van der Waals surface area (Å²) in [5, 5.41) is 0. The summed E-state index contributed by atoms with van der Waals surface area (Å²) in [6, 6.07) is 0. The Morgan fingerprint density at radius 1 is 1.70 bits per heavy atom. The van der Waals surface area contributed by atoms with E-state index in [4.69, 9.17) is 0 Å². The average Bonchev–Trinajstić information content (AvgIpc) is 1.88. The van der Waals surface area contributed by atoms with E-state index in [0.717, 1.165) is 24.5 Å². The Bertz CT molecular complexity index is 136. The summed E-state index contributed by atoms with van der Waals surface area (Å²) in [5.41, 5.74) is 1.16. The van der Waals surface area contributed by atoms with Gasteiger partial charge in [-0.2, -0.15) is 0 Å². The number of hydrogen-bond donors (Lipinski definition) is 0. The molecule has 0 aliphatic heterocycles. The summed E-state index contributed by atoms with van der Waals surface area (Å²) in [5.74, 6) is 0.754. The predicted octanol–water partition coefficient (Wildman–Crippen LogP) is 1.51. The van der Waals surface area contributed by atoms with Crippen molar-refractivity contribution in [3.8, 4) is 0 Å². The maximum absolute atomic E-state index is 10.1. The van der Waals surface area contributed by atoms with Crippen molar-refractivity contribution in [2.45, 2.75) is 32.6 Å². The van der Waals surface area contributed by atoms with Gasteiger partial charge in [0.1, 0.15) is 0 Å². The fraction of sp³-hybridized carbons (Fsp3) is 0.857. The molecule has 10 heavy (non-hydrogen) atoms. The number of hydrogen-bond acceptors (Lipinski definition) is 2. The van der Waals surface area contributed by atoms with Gasteiger partial charge in [-0.25, -0.2) is 0 Å². The molecule has 0 amide bonds. The maximum Gasteiger partial charge on any atom is 0.0152 e. The lowest BCUT2D eigenvalue weighted by Gasteiger charge is -2.19. The number of nitrogens with zero attached hydrogens (tertiary/aromatic N) is 1. The highest BCUT2D eigenvalue weighted by Gasteiger charge is 2.12. The highest BCUT2D eigenvalue weighted by Crippen LogP contribution is 2.22. The summed E-state index contributed by atoms with van der Waals surface area (Å²) in [6.07, 6.45) is 4.67. The van der Waals surface area contributed by atoms with Crippen molar-refractivity contribution in [3.63, 3.8) is 0 Å². The van der Waals surface area contributed by atoms with Gasteiger partial charge in [0.25, 0.3) is 0 Å². The van der Waals surface area contributed by atoms with Crippen LogP contribution in [0.5, 0.6) is 0 Å². The molecule has 0 saturated heterocycles. The minimum atomic E-state index is -0.484. The normalized spacial score (nSPS) is 32.2. The van der Waals surface area contributed by atoms with Crippen LogP contribution in [0.15, 0.2) is 4.76 Å². The van der Waals surface area contributed by atoms with E-state index in [1.54, 1.807) is 0 Å². The minimum absolute atomic E-state index is 0.484. The lowest BCUT2D eigenvalue weighted by molar-refractivity contribution is -0.150. The SMILES string of the molecule is CC1CCCC(=NP[O-])C1. The molecule has 2 nitrogen and oxygen atoms in total. The monoisotopic (exact) mass is 158 g/mol. The van der Waals surface area contributed by atoms with Gasteiger partial charge in [0.15, 0.2) is 0 Å². The third-order valence-electron chi connectivity index (χ3n) is 1.95. The van der Waals surface area contributed by atoms with E-state index in [1.807, 2.05) is 0 Å². The van der Waals surface area contributed by atoms with Crippen LogP contribution in [-0.4, -0.2) is 5.71 Å². The first-order valence-corrected chi connectivity index (χ1v) is 4.61. The van der Waals surface area contributed by atoms with Crippen molar-refractivity contribution >= 4 is 14.7 Å². The molecule has 1 fully saturated rings. The standard InChI is InChI=1S/C7H13NOP/c1-6-3-2-4-7(5-6)8-10-9/h6,10H,2-5H2,1H3/q-1.